The number of hydrogen-bond acceptors (Lipinski definition) is 8. The van der Waals surface area contributed by atoms with Crippen molar-refractivity contribution < 1.29 is 42.9 Å². The maximum atomic E-state index is 12.8. The Morgan fingerprint density at radius 3 is 1.27 bits per heavy atom. The summed E-state index contributed by atoms with van der Waals surface area (Å²) in [6, 6.07) is 0. The van der Waals surface area contributed by atoms with Gasteiger partial charge in [-0.05, 0) is 83.5 Å². The number of likely N-dealkylation sites (N-methyl/N-ethyl adjacent to an activating group) is 1. The second kappa shape index (κ2) is 48.2. The second-order valence-electron chi connectivity index (χ2n) is 17.7. The maximum absolute atomic E-state index is 12.8. The van der Waals surface area contributed by atoms with Gasteiger partial charge in [0.2, 0.25) is 0 Å². The van der Waals surface area contributed by atoms with Crippen LogP contribution >= 0.6 is 0 Å². The summed E-state index contributed by atoms with van der Waals surface area (Å²) in [6.45, 7) is 4.37. The second-order valence-corrected chi connectivity index (χ2v) is 17.7. The molecule has 0 aliphatic heterocycles. The fourth-order valence-corrected chi connectivity index (χ4v) is 6.34. The molecule has 2 unspecified atom stereocenters. The number of nitrogens with zero attached hydrogens (tertiary/aromatic N) is 1. The van der Waals surface area contributed by atoms with Gasteiger partial charge in [-0.3, -0.25) is 9.59 Å². The summed E-state index contributed by atoms with van der Waals surface area (Å²) < 4.78 is 22.5. The predicted molar refractivity (Wildman–Crippen MR) is 278 cm³/mol. The highest BCUT2D eigenvalue weighted by Crippen LogP contribution is 2.14. The minimum Gasteiger partial charge on any atom is -0.545 e. The Morgan fingerprint density at radius 1 is 0.463 bits per heavy atom. The van der Waals surface area contributed by atoms with Crippen LogP contribution in [0.5, 0.6) is 0 Å². The average Bonchev–Trinajstić information content (AvgIpc) is 3.29. The summed E-state index contributed by atoms with van der Waals surface area (Å²) in [7, 11) is 5.88. The van der Waals surface area contributed by atoms with Crippen LogP contribution in [0.3, 0.4) is 0 Å². The molecule has 2 atom stereocenters. The number of esters is 2. The number of quaternary nitrogens is 1. The first kappa shape index (κ1) is 62.7. The van der Waals surface area contributed by atoms with Crippen LogP contribution in [0.25, 0.3) is 0 Å². The lowest BCUT2D eigenvalue weighted by Crippen LogP contribution is -2.44. The van der Waals surface area contributed by atoms with Crippen LogP contribution in [-0.4, -0.2) is 82.3 Å². The van der Waals surface area contributed by atoms with Crippen LogP contribution in [0, 0.1) is 0 Å². The van der Waals surface area contributed by atoms with Crippen molar-refractivity contribution in [2.45, 2.75) is 180 Å². The van der Waals surface area contributed by atoms with Gasteiger partial charge >= 0.3 is 11.9 Å². The van der Waals surface area contributed by atoms with E-state index < -0.39 is 30.3 Å². The van der Waals surface area contributed by atoms with Crippen molar-refractivity contribution in [3.63, 3.8) is 0 Å². The molecule has 0 saturated carbocycles. The van der Waals surface area contributed by atoms with Crippen LogP contribution in [0.2, 0.25) is 0 Å². The molecule has 0 amide bonds. The van der Waals surface area contributed by atoms with Crippen LogP contribution < -0.4 is 5.11 Å². The normalized spacial score (nSPS) is 13.9. The molecule has 378 valence electrons. The first-order chi connectivity index (χ1) is 32.6. The molecule has 0 rings (SSSR count). The van der Waals surface area contributed by atoms with Crippen molar-refractivity contribution in [1.29, 1.82) is 0 Å². The molecular weight excluding hydrogens is 839 g/mol. The maximum Gasteiger partial charge on any atom is 0.309 e. The third kappa shape index (κ3) is 49.4. The predicted octanol–water partition coefficient (Wildman–Crippen LogP) is 13.2. The Balaban J connectivity index is 4.39. The van der Waals surface area contributed by atoms with Crippen molar-refractivity contribution >= 4 is 17.9 Å². The zero-order chi connectivity index (χ0) is 49.2. The lowest BCUT2D eigenvalue weighted by molar-refractivity contribution is -0.870. The molecule has 0 aliphatic carbocycles. The lowest BCUT2D eigenvalue weighted by Gasteiger charge is -2.26. The number of carbonyl (C=O) groups is 3. The molecule has 0 aromatic heterocycles. The highest BCUT2D eigenvalue weighted by atomic mass is 16.7. The van der Waals surface area contributed by atoms with Crippen LogP contribution in [0.4, 0.5) is 0 Å². The molecule has 9 nitrogen and oxygen atoms in total. The minimum atomic E-state index is -1.65. The third-order valence-corrected chi connectivity index (χ3v) is 10.2. The van der Waals surface area contributed by atoms with Gasteiger partial charge < -0.3 is 33.3 Å². The van der Waals surface area contributed by atoms with Crippen LogP contribution in [0.1, 0.15) is 168 Å². The summed E-state index contributed by atoms with van der Waals surface area (Å²) in [5.74, 6) is -2.47. The van der Waals surface area contributed by atoms with Gasteiger partial charge in [0, 0.05) is 6.42 Å². The van der Waals surface area contributed by atoms with Gasteiger partial charge in [-0.1, -0.05) is 193 Å². The fourth-order valence-electron chi connectivity index (χ4n) is 6.34. The number of carboxylic acids is 1. The molecule has 0 spiro atoms. The van der Waals surface area contributed by atoms with Crippen molar-refractivity contribution in [3.05, 3.63) is 122 Å². The third-order valence-electron chi connectivity index (χ3n) is 10.2. The number of unbranched alkanes of at least 4 members (excludes halogenated alkanes) is 11. The standard InChI is InChI=1S/C58H93NO8/c1-6-8-10-12-14-16-18-20-22-23-24-25-26-27-28-29-30-31-32-33-35-37-39-41-43-45-47-49-56(61)67-54(53-66-58(57(62)63)64-51-50-59(3,4)5)52-65-55(60)48-46-44-42-40-38-36-34-21-19-17-15-13-11-9-7-2/h8-11,14-17,20-22,24-25,27-28,34,38,40,44,46,54,58H,6-7,12-13,18-19,23,26,29-33,35-37,39,41-43,45,47-53H2,1-5H3/b10-8-,11-9-,16-14-,17-15-,22-20-,25-24-,28-27-,34-21-,40-38-,46-44-. The molecule has 67 heavy (non-hydrogen) atoms. The zero-order valence-corrected chi connectivity index (χ0v) is 42.7. The monoisotopic (exact) mass is 932 g/mol. The van der Waals surface area contributed by atoms with E-state index in [0.717, 1.165) is 83.5 Å². The Morgan fingerprint density at radius 2 is 0.851 bits per heavy atom. The van der Waals surface area contributed by atoms with Gasteiger partial charge in [0.1, 0.15) is 13.2 Å². The van der Waals surface area contributed by atoms with E-state index in [1.807, 2.05) is 33.3 Å². The Labute approximate surface area is 408 Å². The molecule has 0 N–H and O–H groups in total. The molecule has 0 aliphatic rings. The summed E-state index contributed by atoms with van der Waals surface area (Å²) in [6.07, 6.45) is 64.1. The number of carboxylic acid groups (broad SMARTS) is 1. The molecule has 0 aromatic carbocycles. The summed E-state index contributed by atoms with van der Waals surface area (Å²) in [5, 5.41) is 11.7. The number of carbonyl (C=O) groups excluding carboxylic acids is 3. The van der Waals surface area contributed by atoms with E-state index in [1.165, 1.54) is 44.9 Å². The molecule has 0 radical (unpaired) electrons. The van der Waals surface area contributed by atoms with E-state index >= 15 is 0 Å². The molecule has 0 bridgehead atoms. The minimum absolute atomic E-state index is 0.0529. The van der Waals surface area contributed by atoms with Crippen molar-refractivity contribution in [2.24, 2.45) is 0 Å². The SMILES string of the molecule is CC/C=C\C/C=C\C/C=C\C/C=C\C/C=C\CCCCCCCCCCCCCC(=O)OC(COC(=O)C/C=C\C/C=C\C/C=C\C/C=C\C/C=C\CC)COC(OCC[N+](C)(C)C)C(=O)[O-]. The Bertz CT molecular complexity index is 1510. The molecule has 0 saturated heterocycles. The van der Waals surface area contributed by atoms with Gasteiger partial charge in [-0.25, -0.2) is 0 Å². The van der Waals surface area contributed by atoms with Crippen molar-refractivity contribution in [2.75, 3.05) is 47.5 Å². The van der Waals surface area contributed by atoms with E-state index in [4.69, 9.17) is 18.9 Å². The van der Waals surface area contributed by atoms with Gasteiger partial charge in [0.25, 0.3) is 0 Å². The molecule has 9 heteroatoms. The largest absolute Gasteiger partial charge is 0.545 e. The summed E-state index contributed by atoms with van der Waals surface area (Å²) in [4.78, 5) is 37.1. The van der Waals surface area contributed by atoms with E-state index in [2.05, 4.69) is 117 Å². The lowest BCUT2D eigenvalue weighted by atomic mass is 10.0. The average molecular weight is 932 g/mol. The number of allylic oxidation sites excluding steroid dienone is 19. The highest BCUT2D eigenvalue weighted by Gasteiger charge is 2.21. The van der Waals surface area contributed by atoms with Crippen molar-refractivity contribution in [3.8, 4) is 0 Å². The molecule has 0 fully saturated rings. The molecular formula is C58H93NO8. The summed E-state index contributed by atoms with van der Waals surface area (Å²) in [5.41, 5.74) is 0. The van der Waals surface area contributed by atoms with E-state index in [-0.39, 0.29) is 32.7 Å². The Kier molecular flexibility index (Phi) is 45.1. The van der Waals surface area contributed by atoms with E-state index in [9.17, 15) is 19.5 Å². The smallest absolute Gasteiger partial charge is 0.309 e. The van der Waals surface area contributed by atoms with Gasteiger partial charge in [-0.15, -0.1) is 0 Å². The number of rotatable bonds is 45. The molecule has 0 aromatic rings. The van der Waals surface area contributed by atoms with Crippen molar-refractivity contribution in [1.82, 2.24) is 0 Å². The number of hydrogen-bond donors (Lipinski definition) is 0. The summed E-state index contributed by atoms with van der Waals surface area (Å²) >= 11 is 0. The highest BCUT2D eigenvalue weighted by molar-refractivity contribution is 5.71. The Hall–Kier alpha value is -4.31. The van der Waals surface area contributed by atoms with Gasteiger partial charge in [0.15, 0.2) is 12.4 Å². The van der Waals surface area contributed by atoms with Gasteiger partial charge in [0.05, 0.1) is 46.7 Å². The van der Waals surface area contributed by atoms with Gasteiger partial charge in [-0.2, -0.15) is 0 Å². The zero-order valence-electron chi connectivity index (χ0n) is 42.7. The fraction of sp³-hybridized carbons (Fsp3) is 0.603. The first-order valence-corrected chi connectivity index (χ1v) is 25.7. The van der Waals surface area contributed by atoms with Crippen LogP contribution in [0.15, 0.2) is 122 Å². The quantitative estimate of drug-likeness (QED) is 0.0195. The first-order valence-electron chi connectivity index (χ1n) is 25.7. The number of ether oxygens (including phenoxy) is 4. The van der Waals surface area contributed by atoms with Crippen LogP contribution in [-0.2, 0) is 33.3 Å². The van der Waals surface area contributed by atoms with E-state index in [0.29, 0.717) is 23.9 Å². The molecule has 0 heterocycles. The number of aliphatic carboxylic acids is 1. The van der Waals surface area contributed by atoms with E-state index in [1.54, 1.807) is 6.08 Å². The topological polar surface area (TPSA) is 111 Å².